The van der Waals surface area contributed by atoms with Crippen LogP contribution < -0.4 is 5.32 Å². The van der Waals surface area contributed by atoms with Crippen LogP contribution >= 0.6 is 27.7 Å². The predicted molar refractivity (Wildman–Crippen MR) is 96.1 cm³/mol. The van der Waals surface area contributed by atoms with E-state index in [1.807, 2.05) is 31.2 Å². The minimum atomic E-state index is -0.619. The zero-order chi connectivity index (χ0) is 16.4. The van der Waals surface area contributed by atoms with Crippen molar-refractivity contribution in [1.82, 2.24) is 10.2 Å². The summed E-state index contributed by atoms with van der Waals surface area (Å²) in [5.41, 5.74) is 0.978. The van der Waals surface area contributed by atoms with Gasteiger partial charge < -0.3 is 10.2 Å². The third kappa shape index (κ3) is 3.64. The van der Waals surface area contributed by atoms with Crippen molar-refractivity contribution in [3.8, 4) is 0 Å². The van der Waals surface area contributed by atoms with E-state index in [0.29, 0.717) is 12.6 Å². The van der Waals surface area contributed by atoms with Gasteiger partial charge in [-0.15, -0.1) is 0 Å². The minimum Gasteiger partial charge on any atom is -0.314 e. The lowest BCUT2D eigenvalue weighted by molar-refractivity contribution is -0.134. The molecule has 1 unspecified atom stereocenters. The fourth-order valence-corrected chi connectivity index (χ4v) is 4.78. The van der Waals surface area contributed by atoms with Gasteiger partial charge in [0.25, 0.3) is 0 Å². The molecule has 0 radical (unpaired) electrons. The molecule has 4 nitrogen and oxygen atoms in total. The van der Waals surface area contributed by atoms with Crippen LogP contribution in [0, 0.1) is 0 Å². The van der Waals surface area contributed by atoms with Crippen LogP contribution in [-0.2, 0) is 14.5 Å². The molecule has 0 bridgehead atoms. The number of carbonyl (C=O) groups excluding carboxylic acids is 2. The molecular formula is C17H21BrN2O2S. The average Bonchev–Trinajstić information content (AvgIpc) is 3.13. The second kappa shape index (κ2) is 6.95. The minimum absolute atomic E-state index is 0.000619. The lowest BCUT2D eigenvalue weighted by Gasteiger charge is -2.34. The Labute approximate surface area is 149 Å². The van der Waals surface area contributed by atoms with Gasteiger partial charge in [0.05, 0.1) is 13.1 Å². The van der Waals surface area contributed by atoms with Gasteiger partial charge in [-0.05, 0) is 37.5 Å². The molecule has 1 amide bonds. The van der Waals surface area contributed by atoms with E-state index in [1.54, 1.807) is 4.90 Å². The molecule has 1 aromatic rings. The standard InChI is InChI=1S/C17H21BrN2O2S/c1-17(12-6-8-13(18)9-7-12)20(11-16(22)23-17)15(21)10-19-14-4-2-3-5-14/h6-9,14,19H,2-5,10-11H2,1H3. The quantitative estimate of drug-likeness (QED) is 0.848. The van der Waals surface area contributed by atoms with Crippen LogP contribution in [0.15, 0.2) is 28.7 Å². The lowest BCUT2D eigenvalue weighted by Crippen LogP contribution is -2.47. The molecule has 1 atom stereocenters. The average molecular weight is 397 g/mol. The van der Waals surface area contributed by atoms with Crippen LogP contribution in [0.2, 0.25) is 0 Å². The number of hydrogen-bond acceptors (Lipinski definition) is 4. The number of nitrogens with one attached hydrogen (secondary N) is 1. The van der Waals surface area contributed by atoms with E-state index < -0.39 is 4.87 Å². The Kier molecular flexibility index (Phi) is 5.13. The Morgan fingerprint density at radius 1 is 1.35 bits per heavy atom. The molecule has 0 spiro atoms. The third-order valence-corrected chi connectivity index (χ3v) is 6.43. The topological polar surface area (TPSA) is 49.4 Å². The van der Waals surface area contributed by atoms with Crippen molar-refractivity contribution in [2.45, 2.75) is 43.5 Å². The van der Waals surface area contributed by atoms with Gasteiger partial charge in [-0.25, -0.2) is 0 Å². The summed E-state index contributed by atoms with van der Waals surface area (Å²) in [6.07, 6.45) is 4.76. The van der Waals surface area contributed by atoms with Crippen LogP contribution in [0.5, 0.6) is 0 Å². The van der Waals surface area contributed by atoms with E-state index in [1.165, 1.54) is 24.6 Å². The first-order valence-corrected chi connectivity index (χ1v) is 9.62. The number of rotatable bonds is 4. The Hall–Kier alpha value is -0.850. The highest BCUT2D eigenvalue weighted by Crippen LogP contribution is 2.45. The molecule has 1 N–H and O–H groups in total. The molecule has 1 heterocycles. The number of nitrogens with zero attached hydrogens (tertiary/aromatic N) is 1. The Morgan fingerprint density at radius 2 is 2.00 bits per heavy atom. The lowest BCUT2D eigenvalue weighted by atomic mass is 10.1. The van der Waals surface area contributed by atoms with E-state index in [2.05, 4.69) is 21.2 Å². The van der Waals surface area contributed by atoms with Gasteiger partial charge in [0, 0.05) is 10.5 Å². The molecule has 1 aliphatic heterocycles. The molecule has 0 aromatic heterocycles. The fourth-order valence-electron chi connectivity index (χ4n) is 3.35. The summed E-state index contributed by atoms with van der Waals surface area (Å²) in [6, 6.07) is 8.29. The fraction of sp³-hybridized carbons (Fsp3) is 0.529. The Balaban J connectivity index is 1.74. The largest absolute Gasteiger partial charge is 0.314 e. The second-order valence-corrected chi connectivity index (χ2v) is 8.68. The summed E-state index contributed by atoms with van der Waals surface area (Å²) >= 11 is 4.67. The molecule has 23 heavy (non-hydrogen) atoms. The van der Waals surface area contributed by atoms with E-state index >= 15 is 0 Å². The summed E-state index contributed by atoms with van der Waals surface area (Å²) in [7, 11) is 0. The maximum Gasteiger partial charge on any atom is 0.238 e. The van der Waals surface area contributed by atoms with Gasteiger partial charge in [-0.2, -0.15) is 0 Å². The predicted octanol–water partition coefficient (Wildman–Crippen LogP) is 3.26. The third-order valence-electron chi connectivity index (χ3n) is 4.69. The van der Waals surface area contributed by atoms with Crippen molar-refractivity contribution in [3.63, 3.8) is 0 Å². The molecule has 1 saturated carbocycles. The second-order valence-electron chi connectivity index (χ2n) is 6.31. The van der Waals surface area contributed by atoms with Crippen LogP contribution in [0.25, 0.3) is 0 Å². The summed E-state index contributed by atoms with van der Waals surface area (Å²) < 4.78 is 0.986. The molecule has 124 valence electrons. The molecule has 2 aliphatic rings. The van der Waals surface area contributed by atoms with Crippen LogP contribution in [-0.4, -0.2) is 35.1 Å². The van der Waals surface area contributed by atoms with Gasteiger partial charge in [-0.1, -0.05) is 52.7 Å². The SMILES string of the molecule is CC1(c2ccc(Br)cc2)SC(=O)CN1C(=O)CNC1CCCC1. The van der Waals surface area contributed by atoms with Crippen molar-refractivity contribution < 1.29 is 9.59 Å². The van der Waals surface area contributed by atoms with E-state index in [-0.39, 0.29) is 17.6 Å². The highest BCUT2D eigenvalue weighted by Gasteiger charge is 2.46. The van der Waals surface area contributed by atoms with Crippen molar-refractivity contribution >= 4 is 38.7 Å². The highest BCUT2D eigenvalue weighted by atomic mass is 79.9. The molecule has 1 saturated heterocycles. The van der Waals surface area contributed by atoms with Crippen LogP contribution in [0.3, 0.4) is 0 Å². The summed E-state index contributed by atoms with van der Waals surface area (Å²) in [6.45, 7) is 2.45. The first kappa shape index (κ1) is 17.0. The molecular weight excluding hydrogens is 376 g/mol. The van der Waals surface area contributed by atoms with Crippen molar-refractivity contribution in [2.75, 3.05) is 13.1 Å². The number of amides is 1. The first-order chi connectivity index (χ1) is 11.0. The van der Waals surface area contributed by atoms with E-state index in [9.17, 15) is 9.59 Å². The van der Waals surface area contributed by atoms with Crippen molar-refractivity contribution in [1.29, 1.82) is 0 Å². The number of thioether (sulfide) groups is 1. The maximum absolute atomic E-state index is 12.7. The van der Waals surface area contributed by atoms with Crippen molar-refractivity contribution in [3.05, 3.63) is 34.3 Å². The summed E-state index contributed by atoms with van der Waals surface area (Å²) in [4.78, 5) is 25.8. The summed E-state index contributed by atoms with van der Waals surface area (Å²) in [5, 5.41) is 3.40. The molecule has 1 aliphatic carbocycles. The molecule has 6 heteroatoms. The Morgan fingerprint density at radius 3 is 2.65 bits per heavy atom. The number of benzene rings is 1. The van der Waals surface area contributed by atoms with Crippen molar-refractivity contribution in [2.24, 2.45) is 0 Å². The van der Waals surface area contributed by atoms with E-state index in [0.717, 1.165) is 22.9 Å². The first-order valence-electron chi connectivity index (χ1n) is 8.01. The Bertz CT molecular complexity index is 601. The molecule has 2 fully saturated rings. The highest BCUT2D eigenvalue weighted by molar-refractivity contribution is 9.10. The van der Waals surface area contributed by atoms with Gasteiger partial charge in [0.2, 0.25) is 11.0 Å². The number of carbonyl (C=O) groups is 2. The van der Waals surface area contributed by atoms with Gasteiger partial charge in [-0.3, -0.25) is 9.59 Å². The van der Waals surface area contributed by atoms with Gasteiger partial charge in [0.1, 0.15) is 4.87 Å². The molecule has 3 rings (SSSR count). The smallest absolute Gasteiger partial charge is 0.238 e. The zero-order valence-corrected chi connectivity index (χ0v) is 15.6. The van der Waals surface area contributed by atoms with E-state index in [4.69, 9.17) is 0 Å². The maximum atomic E-state index is 12.7. The van der Waals surface area contributed by atoms with Gasteiger partial charge >= 0.3 is 0 Å². The van der Waals surface area contributed by atoms with Crippen LogP contribution in [0.4, 0.5) is 0 Å². The van der Waals surface area contributed by atoms with Gasteiger partial charge in [0.15, 0.2) is 0 Å². The monoisotopic (exact) mass is 396 g/mol. The number of hydrogen-bond donors (Lipinski definition) is 1. The zero-order valence-electron chi connectivity index (χ0n) is 13.2. The molecule has 1 aromatic carbocycles. The normalized spacial score (nSPS) is 25.3. The number of halogens is 1. The summed E-state index contributed by atoms with van der Waals surface area (Å²) in [5.74, 6) is 0.000619. The van der Waals surface area contributed by atoms with Crippen LogP contribution in [0.1, 0.15) is 38.2 Å².